The van der Waals surface area contributed by atoms with Crippen molar-refractivity contribution in [3.8, 4) is 0 Å². The molecule has 72 valence electrons. The molecule has 0 aliphatic carbocycles. The first kappa shape index (κ1) is 9.06. The molecular formula is C9H12ClNO2. The summed E-state index contributed by atoms with van der Waals surface area (Å²) < 4.78 is 10.9. The van der Waals surface area contributed by atoms with Gasteiger partial charge in [0.15, 0.2) is 11.4 Å². The summed E-state index contributed by atoms with van der Waals surface area (Å²) in [7, 11) is 0. The Morgan fingerprint density at radius 3 is 2.77 bits per heavy atom. The van der Waals surface area contributed by atoms with E-state index in [0.29, 0.717) is 5.22 Å². The Morgan fingerprint density at radius 2 is 2.31 bits per heavy atom. The van der Waals surface area contributed by atoms with Gasteiger partial charge in [-0.25, -0.2) is 0 Å². The Hall–Kier alpha value is -0.510. The van der Waals surface area contributed by atoms with Crippen molar-refractivity contribution < 1.29 is 9.15 Å². The van der Waals surface area contributed by atoms with Crippen molar-refractivity contribution in [2.24, 2.45) is 0 Å². The van der Waals surface area contributed by atoms with Gasteiger partial charge in [0.25, 0.3) is 0 Å². The standard InChI is InChI=1S/C9H12ClNO2/c1-9(2)5-11-8(13-9)6-3-4-7(10)12-6/h3-4,8,11H,5H2,1-2H3. The molecule has 1 N–H and O–H groups in total. The quantitative estimate of drug-likeness (QED) is 0.758. The van der Waals surface area contributed by atoms with E-state index in [9.17, 15) is 0 Å². The molecule has 3 nitrogen and oxygen atoms in total. The average molecular weight is 202 g/mol. The summed E-state index contributed by atoms with van der Waals surface area (Å²) in [6, 6.07) is 3.54. The number of halogens is 1. The predicted octanol–water partition coefficient (Wildman–Crippen LogP) is 2.33. The largest absolute Gasteiger partial charge is 0.445 e. The fourth-order valence-electron chi connectivity index (χ4n) is 1.37. The first-order chi connectivity index (χ1) is 6.07. The molecule has 1 aliphatic heterocycles. The first-order valence-corrected chi connectivity index (χ1v) is 4.61. The highest BCUT2D eigenvalue weighted by Crippen LogP contribution is 2.29. The molecule has 1 aliphatic rings. The molecule has 4 heteroatoms. The van der Waals surface area contributed by atoms with E-state index in [4.69, 9.17) is 20.8 Å². The fraction of sp³-hybridized carbons (Fsp3) is 0.556. The lowest BCUT2D eigenvalue weighted by molar-refractivity contribution is -0.0249. The number of rotatable bonds is 1. The van der Waals surface area contributed by atoms with Crippen LogP contribution in [0.25, 0.3) is 0 Å². The number of nitrogens with one attached hydrogen (secondary N) is 1. The number of hydrogen-bond donors (Lipinski definition) is 1. The number of ether oxygens (including phenoxy) is 1. The van der Waals surface area contributed by atoms with E-state index < -0.39 is 0 Å². The summed E-state index contributed by atoms with van der Waals surface area (Å²) in [5, 5.41) is 3.60. The fourth-order valence-corrected chi connectivity index (χ4v) is 1.52. The van der Waals surface area contributed by atoms with E-state index in [1.165, 1.54) is 0 Å². The van der Waals surface area contributed by atoms with Crippen LogP contribution in [0.4, 0.5) is 0 Å². The maximum Gasteiger partial charge on any atom is 0.193 e. The Balaban J connectivity index is 2.12. The van der Waals surface area contributed by atoms with Crippen LogP contribution in [-0.4, -0.2) is 12.1 Å². The first-order valence-electron chi connectivity index (χ1n) is 4.23. The highest BCUT2D eigenvalue weighted by atomic mass is 35.5. The summed E-state index contributed by atoms with van der Waals surface area (Å²) in [5.41, 5.74) is -0.135. The molecule has 0 spiro atoms. The molecule has 1 saturated heterocycles. The van der Waals surface area contributed by atoms with Crippen LogP contribution in [0.5, 0.6) is 0 Å². The molecule has 0 aromatic carbocycles. The summed E-state index contributed by atoms with van der Waals surface area (Å²) in [5.74, 6) is 0.732. The van der Waals surface area contributed by atoms with Crippen molar-refractivity contribution in [2.45, 2.75) is 25.7 Å². The zero-order valence-electron chi connectivity index (χ0n) is 7.63. The van der Waals surface area contributed by atoms with E-state index in [1.54, 1.807) is 6.07 Å². The molecule has 13 heavy (non-hydrogen) atoms. The van der Waals surface area contributed by atoms with Gasteiger partial charge in [-0.1, -0.05) is 0 Å². The van der Waals surface area contributed by atoms with E-state index in [1.807, 2.05) is 19.9 Å². The molecule has 1 aromatic rings. The Labute approximate surface area is 82.0 Å². The summed E-state index contributed by atoms with van der Waals surface area (Å²) in [4.78, 5) is 0. The number of hydrogen-bond acceptors (Lipinski definition) is 3. The van der Waals surface area contributed by atoms with Crippen LogP contribution in [-0.2, 0) is 4.74 Å². The van der Waals surface area contributed by atoms with Crippen LogP contribution in [0.2, 0.25) is 5.22 Å². The SMILES string of the molecule is CC1(C)CNC(c2ccc(Cl)o2)O1. The van der Waals surface area contributed by atoms with Crippen LogP contribution >= 0.6 is 11.6 Å². The van der Waals surface area contributed by atoms with Gasteiger partial charge in [-0.2, -0.15) is 0 Å². The monoisotopic (exact) mass is 201 g/mol. The van der Waals surface area contributed by atoms with E-state index >= 15 is 0 Å². The van der Waals surface area contributed by atoms with Gasteiger partial charge in [-0.15, -0.1) is 0 Å². The summed E-state index contributed by atoms with van der Waals surface area (Å²) in [6.45, 7) is 4.88. The Kier molecular flexibility index (Phi) is 2.10. The molecule has 0 saturated carbocycles. The minimum absolute atomic E-state index is 0.135. The van der Waals surface area contributed by atoms with Crippen LogP contribution in [0.1, 0.15) is 25.8 Å². The predicted molar refractivity (Wildman–Crippen MR) is 49.6 cm³/mol. The Morgan fingerprint density at radius 1 is 1.54 bits per heavy atom. The van der Waals surface area contributed by atoms with Gasteiger partial charge >= 0.3 is 0 Å². The van der Waals surface area contributed by atoms with E-state index in [-0.39, 0.29) is 11.8 Å². The van der Waals surface area contributed by atoms with Crippen LogP contribution in [0.3, 0.4) is 0 Å². The minimum Gasteiger partial charge on any atom is -0.445 e. The normalized spacial score (nSPS) is 26.5. The topological polar surface area (TPSA) is 34.4 Å². The second-order valence-corrected chi connectivity index (χ2v) is 4.15. The molecule has 1 unspecified atom stereocenters. The zero-order chi connectivity index (χ0) is 9.47. The lowest BCUT2D eigenvalue weighted by Crippen LogP contribution is -2.23. The molecule has 0 radical (unpaired) electrons. The van der Waals surface area contributed by atoms with Crippen molar-refractivity contribution in [3.63, 3.8) is 0 Å². The third-order valence-electron chi connectivity index (χ3n) is 2.00. The minimum atomic E-state index is -0.164. The van der Waals surface area contributed by atoms with Crippen molar-refractivity contribution in [2.75, 3.05) is 6.54 Å². The molecule has 1 atom stereocenters. The maximum absolute atomic E-state index is 5.68. The van der Waals surface area contributed by atoms with Crippen molar-refractivity contribution in [3.05, 3.63) is 23.1 Å². The van der Waals surface area contributed by atoms with Crippen LogP contribution in [0.15, 0.2) is 16.5 Å². The third kappa shape index (κ3) is 1.88. The van der Waals surface area contributed by atoms with Crippen molar-refractivity contribution >= 4 is 11.6 Å². The highest BCUT2D eigenvalue weighted by Gasteiger charge is 2.33. The third-order valence-corrected chi connectivity index (χ3v) is 2.21. The van der Waals surface area contributed by atoms with Gasteiger partial charge in [-0.3, -0.25) is 5.32 Å². The van der Waals surface area contributed by atoms with Crippen molar-refractivity contribution in [1.29, 1.82) is 0 Å². The second-order valence-electron chi connectivity index (χ2n) is 3.78. The maximum atomic E-state index is 5.68. The summed E-state index contributed by atoms with van der Waals surface area (Å²) >= 11 is 5.66. The average Bonchev–Trinajstić information content (AvgIpc) is 2.56. The zero-order valence-corrected chi connectivity index (χ0v) is 8.39. The van der Waals surface area contributed by atoms with Gasteiger partial charge in [0.2, 0.25) is 0 Å². The lowest BCUT2D eigenvalue weighted by Gasteiger charge is -2.16. The molecule has 2 rings (SSSR count). The van der Waals surface area contributed by atoms with Crippen molar-refractivity contribution in [1.82, 2.24) is 5.32 Å². The van der Waals surface area contributed by atoms with Gasteiger partial charge in [-0.05, 0) is 37.6 Å². The smallest absolute Gasteiger partial charge is 0.193 e. The van der Waals surface area contributed by atoms with E-state index in [0.717, 1.165) is 12.3 Å². The van der Waals surface area contributed by atoms with Gasteiger partial charge in [0.1, 0.15) is 5.76 Å². The molecule has 1 fully saturated rings. The molecular weight excluding hydrogens is 190 g/mol. The molecule has 0 bridgehead atoms. The molecule has 0 amide bonds. The van der Waals surface area contributed by atoms with Gasteiger partial charge in [0.05, 0.1) is 5.60 Å². The highest BCUT2D eigenvalue weighted by molar-refractivity contribution is 6.28. The van der Waals surface area contributed by atoms with Crippen LogP contribution in [0, 0.1) is 0 Å². The van der Waals surface area contributed by atoms with Gasteiger partial charge in [0, 0.05) is 6.54 Å². The second kappa shape index (κ2) is 3.01. The molecule has 2 heterocycles. The van der Waals surface area contributed by atoms with Gasteiger partial charge < -0.3 is 9.15 Å². The lowest BCUT2D eigenvalue weighted by atomic mass is 10.1. The Bertz CT molecular complexity index is 308. The number of furan rings is 1. The summed E-state index contributed by atoms with van der Waals surface area (Å²) in [6.07, 6.45) is -0.164. The van der Waals surface area contributed by atoms with Crippen LogP contribution < -0.4 is 5.32 Å². The van der Waals surface area contributed by atoms with E-state index in [2.05, 4.69) is 5.32 Å². The molecule has 1 aromatic heterocycles.